The van der Waals surface area contributed by atoms with E-state index in [2.05, 4.69) is 41.3 Å². The maximum Gasteiger partial charge on any atom is 0.150 e. The van der Waals surface area contributed by atoms with Crippen molar-refractivity contribution >= 4 is 12.0 Å². The predicted octanol–water partition coefficient (Wildman–Crippen LogP) is 3.41. The Morgan fingerprint density at radius 3 is 2.20 bits per heavy atom. The van der Waals surface area contributed by atoms with Gasteiger partial charge in [-0.3, -0.25) is 4.79 Å². The van der Waals surface area contributed by atoms with Crippen molar-refractivity contribution in [3.8, 4) is 0 Å². The van der Waals surface area contributed by atoms with Crippen molar-refractivity contribution in [2.24, 2.45) is 0 Å². The Morgan fingerprint density at radius 1 is 1.00 bits per heavy atom. The van der Waals surface area contributed by atoms with Crippen LogP contribution >= 0.6 is 0 Å². The molecule has 0 unspecified atom stereocenters. The van der Waals surface area contributed by atoms with Crippen molar-refractivity contribution in [3.05, 3.63) is 64.7 Å². The average molecular weight is 265 g/mol. The number of anilines is 1. The Bertz CT molecular complexity index is 606. The number of benzene rings is 2. The zero-order valence-corrected chi connectivity index (χ0v) is 11.8. The molecule has 0 radical (unpaired) electrons. The molecule has 2 aromatic rings. The van der Waals surface area contributed by atoms with Gasteiger partial charge in [-0.1, -0.05) is 24.3 Å². The number of carbonyl (C=O) groups is 1. The molecule has 1 aliphatic heterocycles. The molecule has 20 heavy (non-hydrogen) atoms. The molecule has 0 saturated carbocycles. The molecule has 102 valence electrons. The maximum atomic E-state index is 10.9. The van der Waals surface area contributed by atoms with Crippen LogP contribution in [0.2, 0.25) is 0 Å². The topological polar surface area (TPSA) is 20.3 Å². The van der Waals surface area contributed by atoms with Crippen LogP contribution < -0.4 is 4.90 Å². The maximum absolute atomic E-state index is 10.9. The van der Waals surface area contributed by atoms with E-state index in [9.17, 15) is 4.79 Å². The lowest BCUT2D eigenvalue weighted by Gasteiger charge is -2.23. The van der Waals surface area contributed by atoms with Crippen LogP contribution in [0.1, 0.15) is 27.0 Å². The van der Waals surface area contributed by atoms with Crippen molar-refractivity contribution in [1.29, 1.82) is 0 Å². The molecular formula is C18H19NO. The summed E-state index contributed by atoms with van der Waals surface area (Å²) in [4.78, 5) is 13.3. The quantitative estimate of drug-likeness (QED) is 0.776. The van der Waals surface area contributed by atoms with Crippen LogP contribution in [0, 0.1) is 6.92 Å². The number of carbonyl (C=O) groups excluding carboxylic acids is 1. The van der Waals surface area contributed by atoms with E-state index in [4.69, 9.17) is 0 Å². The first-order valence-electron chi connectivity index (χ1n) is 7.15. The molecule has 0 aliphatic carbocycles. The van der Waals surface area contributed by atoms with Crippen LogP contribution in [0.5, 0.6) is 0 Å². The van der Waals surface area contributed by atoms with Gasteiger partial charge in [-0.25, -0.2) is 0 Å². The summed E-state index contributed by atoms with van der Waals surface area (Å²) < 4.78 is 0. The molecule has 2 aromatic carbocycles. The van der Waals surface area contributed by atoms with Crippen molar-refractivity contribution in [3.63, 3.8) is 0 Å². The monoisotopic (exact) mass is 265 g/mol. The van der Waals surface area contributed by atoms with Gasteiger partial charge in [0, 0.05) is 24.3 Å². The molecule has 0 atom stereocenters. The van der Waals surface area contributed by atoms with E-state index >= 15 is 0 Å². The average Bonchev–Trinajstić information content (AvgIpc) is 2.70. The summed E-state index contributed by atoms with van der Waals surface area (Å²) in [7, 11) is 0. The minimum Gasteiger partial charge on any atom is -0.371 e. The summed E-state index contributed by atoms with van der Waals surface area (Å²) in [5, 5.41) is 0. The lowest BCUT2D eigenvalue weighted by molar-refractivity contribution is 0.112. The Hall–Kier alpha value is -2.09. The van der Waals surface area contributed by atoms with Gasteiger partial charge < -0.3 is 4.90 Å². The first-order chi connectivity index (χ1) is 9.78. The van der Waals surface area contributed by atoms with Gasteiger partial charge in [0.15, 0.2) is 0 Å². The highest BCUT2D eigenvalue weighted by Gasteiger charge is 2.14. The fraction of sp³-hybridized carbons (Fsp3) is 0.278. The second-order valence-electron chi connectivity index (χ2n) is 5.41. The molecule has 2 nitrogen and oxygen atoms in total. The molecule has 0 saturated heterocycles. The first-order valence-corrected chi connectivity index (χ1v) is 7.15. The highest BCUT2D eigenvalue weighted by atomic mass is 16.1. The van der Waals surface area contributed by atoms with Gasteiger partial charge in [0.2, 0.25) is 0 Å². The van der Waals surface area contributed by atoms with Crippen LogP contribution in [0.15, 0.2) is 42.5 Å². The second-order valence-corrected chi connectivity index (χ2v) is 5.41. The van der Waals surface area contributed by atoms with Crippen molar-refractivity contribution in [2.75, 3.05) is 18.0 Å². The Morgan fingerprint density at radius 2 is 1.65 bits per heavy atom. The lowest BCUT2D eigenvalue weighted by Crippen LogP contribution is -2.26. The third-order valence-electron chi connectivity index (χ3n) is 4.17. The fourth-order valence-corrected chi connectivity index (χ4v) is 2.91. The van der Waals surface area contributed by atoms with Gasteiger partial charge in [-0.2, -0.15) is 0 Å². The van der Waals surface area contributed by atoms with E-state index in [-0.39, 0.29) is 0 Å². The number of hydrogen-bond acceptors (Lipinski definition) is 2. The summed E-state index contributed by atoms with van der Waals surface area (Å²) in [5.74, 6) is 0. The van der Waals surface area contributed by atoms with Gasteiger partial charge in [0.25, 0.3) is 0 Å². The summed E-state index contributed by atoms with van der Waals surface area (Å²) in [6, 6.07) is 14.8. The minimum absolute atomic E-state index is 0.784. The second kappa shape index (κ2) is 5.49. The zero-order valence-electron chi connectivity index (χ0n) is 11.8. The number of nitrogens with zero attached hydrogens (tertiary/aromatic N) is 1. The zero-order chi connectivity index (χ0) is 13.9. The molecule has 0 bridgehead atoms. The molecule has 0 spiro atoms. The van der Waals surface area contributed by atoms with Crippen molar-refractivity contribution < 1.29 is 4.79 Å². The van der Waals surface area contributed by atoms with Crippen LogP contribution in [-0.4, -0.2) is 19.4 Å². The number of aryl methyl sites for hydroxylation is 1. The number of hydrogen-bond donors (Lipinski definition) is 0. The normalized spacial score (nSPS) is 14.6. The Balaban J connectivity index is 1.83. The van der Waals surface area contributed by atoms with E-state index < -0.39 is 0 Å². The molecule has 0 aromatic heterocycles. The van der Waals surface area contributed by atoms with Crippen molar-refractivity contribution in [1.82, 2.24) is 0 Å². The molecular weight excluding hydrogens is 246 g/mol. The van der Waals surface area contributed by atoms with Gasteiger partial charge in [0.1, 0.15) is 6.29 Å². The van der Waals surface area contributed by atoms with E-state index in [1.807, 2.05) is 13.0 Å². The van der Waals surface area contributed by atoms with Gasteiger partial charge in [0.05, 0.1) is 0 Å². The summed E-state index contributed by atoms with van der Waals surface area (Å²) in [6.07, 6.45) is 3.10. The predicted molar refractivity (Wildman–Crippen MR) is 82.6 cm³/mol. The number of aldehydes is 1. The minimum atomic E-state index is 0.784. The molecule has 0 fully saturated rings. The van der Waals surface area contributed by atoms with Crippen LogP contribution in [-0.2, 0) is 12.8 Å². The highest BCUT2D eigenvalue weighted by Crippen LogP contribution is 2.23. The van der Waals surface area contributed by atoms with Gasteiger partial charge in [-0.15, -0.1) is 0 Å². The molecule has 2 heteroatoms. The van der Waals surface area contributed by atoms with Gasteiger partial charge >= 0.3 is 0 Å². The van der Waals surface area contributed by atoms with E-state index in [0.717, 1.165) is 43.3 Å². The van der Waals surface area contributed by atoms with Crippen molar-refractivity contribution in [2.45, 2.75) is 19.8 Å². The smallest absolute Gasteiger partial charge is 0.150 e. The van der Waals surface area contributed by atoms with E-state index in [1.54, 1.807) is 0 Å². The van der Waals surface area contributed by atoms with E-state index in [0.29, 0.717) is 0 Å². The van der Waals surface area contributed by atoms with Crippen LogP contribution in [0.4, 0.5) is 5.69 Å². The van der Waals surface area contributed by atoms with E-state index in [1.165, 1.54) is 16.8 Å². The number of fused-ring (bicyclic) bond motifs is 1. The largest absolute Gasteiger partial charge is 0.371 e. The Labute approximate surface area is 120 Å². The Kier molecular flexibility index (Phi) is 3.55. The van der Waals surface area contributed by atoms with Crippen LogP contribution in [0.3, 0.4) is 0 Å². The molecule has 1 heterocycles. The third-order valence-corrected chi connectivity index (χ3v) is 4.17. The number of rotatable bonds is 2. The molecule has 0 N–H and O–H groups in total. The third kappa shape index (κ3) is 2.46. The standard InChI is InChI=1S/C18H19NO/c1-14-12-18(7-6-17(14)13-20)19-10-8-15-4-2-3-5-16(15)9-11-19/h2-7,12-13H,8-11H2,1H3. The summed E-state index contributed by atoms with van der Waals surface area (Å²) in [6.45, 7) is 4.08. The SMILES string of the molecule is Cc1cc(N2CCc3ccccc3CC2)ccc1C=O. The molecule has 3 rings (SSSR count). The summed E-state index contributed by atoms with van der Waals surface area (Å²) >= 11 is 0. The first kappa shape index (κ1) is 12.9. The van der Waals surface area contributed by atoms with Crippen LogP contribution in [0.25, 0.3) is 0 Å². The fourth-order valence-electron chi connectivity index (χ4n) is 2.91. The molecule has 1 aliphatic rings. The lowest BCUT2D eigenvalue weighted by atomic mass is 10.0. The molecule has 0 amide bonds. The van der Waals surface area contributed by atoms with Gasteiger partial charge in [-0.05, 0) is 54.7 Å². The highest BCUT2D eigenvalue weighted by molar-refractivity contribution is 5.78. The summed E-state index contributed by atoms with van der Waals surface area (Å²) in [5.41, 5.74) is 6.00.